The first-order chi connectivity index (χ1) is 10.7. The molecule has 0 aliphatic heterocycles. The third kappa shape index (κ3) is 4.38. The van der Waals surface area contributed by atoms with Crippen molar-refractivity contribution in [2.45, 2.75) is 6.54 Å². The Balaban J connectivity index is 1.92. The molecule has 0 heterocycles. The number of hydrogen-bond acceptors (Lipinski definition) is 3. The first-order valence-corrected chi connectivity index (χ1v) is 6.98. The average molecular weight is 297 g/mol. The van der Waals surface area contributed by atoms with Crippen LogP contribution in [0, 0.1) is 0 Å². The van der Waals surface area contributed by atoms with Gasteiger partial charge in [-0.2, -0.15) is 0 Å². The maximum absolute atomic E-state index is 12.1. The molecule has 0 spiro atoms. The Hall–Kier alpha value is -2.75. The second kappa shape index (κ2) is 7.88. The minimum Gasteiger partial charge on any atom is -0.497 e. The Morgan fingerprint density at radius 2 is 1.95 bits per heavy atom. The van der Waals surface area contributed by atoms with Crippen molar-refractivity contribution in [3.8, 4) is 11.5 Å². The van der Waals surface area contributed by atoms with Crippen LogP contribution in [-0.2, 0) is 6.54 Å². The van der Waals surface area contributed by atoms with Crippen molar-refractivity contribution in [2.75, 3.05) is 13.7 Å². The van der Waals surface area contributed by atoms with E-state index in [-0.39, 0.29) is 5.91 Å². The molecule has 2 aromatic carbocycles. The third-order valence-corrected chi connectivity index (χ3v) is 3.07. The van der Waals surface area contributed by atoms with Gasteiger partial charge >= 0.3 is 0 Å². The number of nitrogens with one attached hydrogen (secondary N) is 1. The minimum atomic E-state index is -0.127. The van der Waals surface area contributed by atoms with E-state index in [4.69, 9.17) is 9.47 Å². The Labute approximate surface area is 130 Å². The first kappa shape index (κ1) is 15.6. The van der Waals surface area contributed by atoms with E-state index in [2.05, 4.69) is 11.9 Å². The second-order valence-electron chi connectivity index (χ2n) is 4.66. The van der Waals surface area contributed by atoms with Crippen molar-refractivity contribution in [1.82, 2.24) is 5.32 Å². The van der Waals surface area contributed by atoms with E-state index in [1.54, 1.807) is 37.5 Å². The lowest BCUT2D eigenvalue weighted by Crippen LogP contribution is -2.22. The molecule has 0 aromatic heterocycles. The van der Waals surface area contributed by atoms with E-state index in [1.807, 2.05) is 24.3 Å². The van der Waals surface area contributed by atoms with E-state index in [1.165, 1.54) is 0 Å². The van der Waals surface area contributed by atoms with Crippen molar-refractivity contribution in [2.24, 2.45) is 0 Å². The summed E-state index contributed by atoms with van der Waals surface area (Å²) < 4.78 is 10.5. The number of methoxy groups -OCH3 is 1. The van der Waals surface area contributed by atoms with Gasteiger partial charge in [-0.3, -0.25) is 4.79 Å². The molecule has 0 aliphatic carbocycles. The van der Waals surface area contributed by atoms with Crippen LogP contribution in [0.4, 0.5) is 0 Å². The van der Waals surface area contributed by atoms with E-state index < -0.39 is 0 Å². The molecule has 4 nitrogen and oxygen atoms in total. The summed E-state index contributed by atoms with van der Waals surface area (Å²) in [5.74, 6) is 1.36. The number of amides is 1. The third-order valence-electron chi connectivity index (χ3n) is 3.07. The van der Waals surface area contributed by atoms with Crippen LogP contribution < -0.4 is 14.8 Å². The smallest absolute Gasteiger partial charge is 0.251 e. The van der Waals surface area contributed by atoms with Crippen LogP contribution in [0.2, 0.25) is 0 Å². The van der Waals surface area contributed by atoms with Crippen molar-refractivity contribution < 1.29 is 14.3 Å². The van der Waals surface area contributed by atoms with Crippen LogP contribution >= 0.6 is 0 Å². The highest BCUT2D eigenvalue weighted by Gasteiger charge is 2.05. The topological polar surface area (TPSA) is 47.6 Å². The van der Waals surface area contributed by atoms with Gasteiger partial charge in [-0.15, -0.1) is 0 Å². The van der Waals surface area contributed by atoms with Crippen molar-refractivity contribution in [3.63, 3.8) is 0 Å². The molecule has 1 amide bonds. The van der Waals surface area contributed by atoms with Crippen LogP contribution in [0.15, 0.2) is 61.2 Å². The summed E-state index contributed by atoms with van der Waals surface area (Å²) in [7, 11) is 1.62. The van der Waals surface area contributed by atoms with Gasteiger partial charge in [0.1, 0.15) is 18.1 Å². The van der Waals surface area contributed by atoms with Gasteiger partial charge in [0.05, 0.1) is 7.11 Å². The van der Waals surface area contributed by atoms with Gasteiger partial charge in [0.25, 0.3) is 5.91 Å². The molecule has 114 valence electrons. The summed E-state index contributed by atoms with van der Waals surface area (Å²) >= 11 is 0. The molecule has 2 rings (SSSR count). The first-order valence-electron chi connectivity index (χ1n) is 6.98. The normalized spacial score (nSPS) is 9.86. The fourth-order valence-electron chi connectivity index (χ4n) is 1.92. The zero-order chi connectivity index (χ0) is 15.8. The van der Waals surface area contributed by atoms with Gasteiger partial charge in [-0.05, 0) is 42.0 Å². The predicted octanol–water partition coefficient (Wildman–Crippen LogP) is 3.19. The summed E-state index contributed by atoms with van der Waals surface area (Å²) in [6, 6.07) is 14.6. The lowest BCUT2D eigenvalue weighted by Gasteiger charge is -2.08. The lowest BCUT2D eigenvalue weighted by atomic mass is 10.2. The summed E-state index contributed by atoms with van der Waals surface area (Å²) in [5.41, 5.74) is 1.58. The molecule has 0 saturated carbocycles. The monoisotopic (exact) mass is 297 g/mol. The van der Waals surface area contributed by atoms with Gasteiger partial charge in [-0.1, -0.05) is 24.8 Å². The number of hydrogen-bond donors (Lipinski definition) is 1. The molecule has 4 heteroatoms. The summed E-state index contributed by atoms with van der Waals surface area (Å²) in [6.45, 7) is 4.48. The Morgan fingerprint density at radius 1 is 1.18 bits per heavy atom. The van der Waals surface area contributed by atoms with Crippen LogP contribution in [0.1, 0.15) is 15.9 Å². The van der Waals surface area contributed by atoms with E-state index in [0.29, 0.717) is 24.5 Å². The molecule has 0 saturated heterocycles. The fraction of sp³-hybridized carbons (Fsp3) is 0.167. The van der Waals surface area contributed by atoms with Crippen LogP contribution in [-0.4, -0.2) is 19.6 Å². The van der Waals surface area contributed by atoms with Crippen molar-refractivity contribution in [3.05, 3.63) is 72.3 Å². The van der Waals surface area contributed by atoms with Crippen molar-refractivity contribution in [1.29, 1.82) is 0 Å². The molecule has 1 N–H and O–H groups in total. The molecule has 0 fully saturated rings. The molecule has 0 aliphatic rings. The van der Waals surface area contributed by atoms with Gasteiger partial charge in [0, 0.05) is 12.1 Å². The Kier molecular flexibility index (Phi) is 5.60. The zero-order valence-electron chi connectivity index (χ0n) is 12.5. The fourth-order valence-corrected chi connectivity index (χ4v) is 1.92. The largest absolute Gasteiger partial charge is 0.497 e. The predicted molar refractivity (Wildman–Crippen MR) is 86.3 cm³/mol. The zero-order valence-corrected chi connectivity index (χ0v) is 12.5. The van der Waals surface area contributed by atoms with E-state index in [0.717, 1.165) is 11.3 Å². The van der Waals surface area contributed by atoms with Gasteiger partial charge in [-0.25, -0.2) is 0 Å². The molecule has 0 atom stereocenters. The summed E-state index contributed by atoms with van der Waals surface area (Å²) in [4.78, 5) is 12.1. The quantitative estimate of drug-likeness (QED) is 0.798. The molecule has 0 bridgehead atoms. The standard InChI is InChI=1S/C18H19NO3/c1-3-11-22-16-9-7-15(8-10-16)18(20)19-13-14-5-4-6-17(12-14)21-2/h3-10,12H,1,11,13H2,2H3,(H,19,20). The number of benzene rings is 2. The lowest BCUT2D eigenvalue weighted by molar-refractivity contribution is 0.0951. The highest BCUT2D eigenvalue weighted by molar-refractivity contribution is 5.94. The van der Waals surface area contributed by atoms with Gasteiger partial charge < -0.3 is 14.8 Å². The molecule has 2 aromatic rings. The van der Waals surface area contributed by atoms with Gasteiger partial charge in [0.2, 0.25) is 0 Å². The van der Waals surface area contributed by atoms with Crippen LogP contribution in [0.25, 0.3) is 0 Å². The minimum absolute atomic E-state index is 0.127. The van der Waals surface area contributed by atoms with Gasteiger partial charge in [0.15, 0.2) is 0 Å². The molecule has 0 unspecified atom stereocenters. The molecule has 22 heavy (non-hydrogen) atoms. The van der Waals surface area contributed by atoms with Crippen LogP contribution in [0.3, 0.4) is 0 Å². The number of ether oxygens (including phenoxy) is 2. The molecular weight excluding hydrogens is 278 g/mol. The van der Waals surface area contributed by atoms with Crippen LogP contribution in [0.5, 0.6) is 11.5 Å². The average Bonchev–Trinajstić information content (AvgIpc) is 2.58. The SMILES string of the molecule is C=CCOc1ccc(C(=O)NCc2cccc(OC)c2)cc1. The highest BCUT2D eigenvalue weighted by Crippen LogP contribution is 2.14. The van der Waals surface area contributed by atoms with Crippen molar-refractivity contribution >= 4 is 5.91 Å². The Morgan fingerprint density at radius 3 is 2.64 bits per heavy atom. The number of rotatable bonds is 7. The van der Waals surface area contributed by atoms with E-state index in [9.17, 15) is 4.79 Å². The maximum atomic E-state index is 12.1. The molecular formula is C18H19NO3. The highest BCUT2D eigenvalue weighted by atomic mass is 16.5. The summed E-state index contributed by atoms with van der Waals surface area (Å²) in [6.07, 6.45) is 1.68. The Bertz CT molecular complexity index is 635. The number of carbonyl (C=O) groups excluding carboxylic acids is 1. The number of carbonyl (C=O) groups is 1. The second-order valence-corrected chi connectivity index (χ2v) is 4.66. The summed E-state index contributed by atoms with van der Waals surface area (Å²) in [5, 5.41) is 2.88. The maximum Gasteiger partial charge on any atom is 0.251 e. The van der Waals surface area contributed by atoms with E-state index >= 15 is 0 Å². The molecule has 0 radical (unpaired) electrons.